The summed E-state index contributed by atoms with van der Waals surface area (Å²) in [5, 5.41) is 0. The molecule has 1 aromatic rings. The molecule has 28 heavy (non-hydrogen) atoms. The minimum absolute atomic E-state index is 0. The molecule has 3 nitrogen and oxygen atoms in total. The van der Waals surface area contributed by atoms with Crippen LogP contribution in [0.1, 0.15) is 96.1 Å². The topological polar surface area (TPSA) is 39.2 Å². The minimum Gasteiger partial charge on any atom is -0.462 e. The Morgan fingerprint density at radius 3 is 1.82 bits per heavy atom. The molecule has 0 atom stereocenters. The van der Waals surface area contributed by atoms with E-state index in [1.165, 1.54) is 76.3 Å². The van der Waals surface area contributed by atoms with E-state index in [9.17, 15) is 4.79 Å². The molecule has 0 N–H and O–H groups in total. The van der Waals surface area contributed by atoms with Gasteiger partial charge in [0, 0.05) is 17.5 Å². The van der Waals surface area contributed by atoms with Crippen LogP contribution in [0.5, 0.6) is 0 Å². The second-order valence-corrected chi connectivity index (χ2v) is 7.58. The Bertz CT molecular complexity index is 505. The lowest BCUT2D eigenvalue weighted by molar-refractivity contribution is -0.139. The van der Waals surface area contributed by atoms with E-state index in [0.717, 1.165) is 19.3 Å². The number of pyridine rings is 1. The third-order valence-electron chi connectivity index (χ3n) is 4.89. The zero-order chi connectivity index (χ0) is 19.6. The number of carbonyl (C=O) groups is 1. The third-order valence-corrected chi connectivity index (χ3v) is 4.89. The fourth-order valence-corrected chi connectivity index (χ4v) is 3.19. The van der Waals surface area contributed by atoms with Crippen molar-refractivity contribution in [2.75, 3.05) is 6.61 Å². The second kappa shape index (κ2) is 19.2. The van der Waals surface area contributed by atoms with Crippen molar-refractivity contribution in [2.24, 2.45) is 0 Å². The summed E-state index contributed by atoms with van der Waals surface area (Å²) in [6, 6.07) is 6.18. The summed E-state index contributed by atoms with van der Waals surface area (Å²) in [5.41, 5.74) is 1.71. The first-order valence-electron chi connectivity index (χ1n) is 10.9. The molecule has 4 heteroatoms. The van der Waals surface area contributed by atoms with Crippen molar-refractivity contribution in [3.8, 4) is 0 Å². The molecule has 0 amide bonds. The van der Waals surface area contributed by atoms with E-state index < -0.39 is 0 Å². The van der Waals surface area contributed by atoms with E-state index >= 15 is 0 Å². The van der Waals surface area contributed by atoms with Gasteiger partial charge in [-0.3, -0.25) is 4.98 Å². The number of nitrogens with zero attached hydrogens (tertiary/aromatic N) is 1. The summed E-state index contributed by atoms with van der Waals surface area (Å²) in [4.78, 5) is 15.6. The molecule has 0 saturated heterocycles. The van der Waals surface area contributed by atoms with Crippen molar-refractivity contribution >= 4 is 23.0 Å². The Hall–Kier alpha value is -1.16. The van der Waals surface area contributed by atoms with Gasteiger partial charge >= 0.3 is 5.97 Å². The molecule has 0 aliphatic heterocycles. The largest absolute Gasteiger partial charge is 0.462 e. The lowest BCUT2D eigenvalue weighted by atomic mass is 10.0. The van der Waals surface area contributed by atoms with Gasteiger partial charge < -0.3 is 4.74 Å². The van der Waals surface area contributed by atoms with E-state index in [2.05, 4.69) is 23.7 Å². The van der Waals surface area contributed by atoms with E-state index in [1.54, 1.807) is 6.92 Å². The molecule has 0 spiro atoms. The maximum atomic E-state index is 11.2. The number of carbonyl (C=O) groups excluding carboxylic acids is 1. The van der Waals surface area contributed by atoms with Crippen LogP contribution < -0.4 is 0 Å². The number of aryl methyl sites for hydroxylation is 1. The molecule has 0 aromatic carbocycles. The zero-order valence-electron chi connectivity index (χ0n) is 17.8. The van der Waals surface area contributed by atoms with Gasteiger partial charge in [-0.15, -0.1) is 17.0 Å². The van der Waals surface area contributed by atoms with Gasteiger partial charge in [0.2, 0.25) is 0 Å². The zero-order valence-corrected chi connectivity index (χ0v) is 19.5. The van der Waals surface area contributed by atoms with Crippen molar-refractivity contribution in [3.05, 3.63) is 42.2 Å². The monoisotopic (exact) mass is 453 g/mol. The molecule has 0 unspecified atom stereocenters. The van der Waals surface area contributed by atoms with Gasteiger partial charge in [-0.05, 0) is 38.3 Å². The van der Waals surface area contributed by atoms with Crippen LogP contribution in [0.25, 0.3) is 0 Å². The first-order valence-corrected chi connectivity index (χ1v) is 10.9. The van der Waals surface area contributed by atoms with Crippen molar-refractivity contribution in [1.82, 2.24) is 4.98 Å². The van der Waals surface area contributed by atoms with Gasteiger partial charge in [0.15, 0.2) is 0 Å². The van der Waals surface area contributed by atoms with Crippen LogP contribution in [0.15, 0.2) is 36.5 Å². The first-order chi connectivity index (χ1) is 13.2. The van der Waals surface area contributed by atoms with Crippen molar-refractivity contribution < 1.29 is 9.53 Å². The van der Waals surface area contributed by atoms with Gasteiger partial charge in [0.1, 0.15) is 0 Å². The molecule has 1 aromatic heterocycles. The number of esters is 1. The summed E-state index contributed by atoms with van der Waals surface area (Å²) in [7, 11) is 0. The summed E-state index contributed by atoms with van der Waals surface area (Å²) in [6.07, 6.45) is 19.9. The Morgan fingerprint density at radius 2 is 1.36 bits per heavy atom. The van der Waals surface area contributed by atoms with Crippen LogP contribution in [0.4, 0.5) is 0 Å². The standard InChI is InChI=1S/C24H39NO2.BrH/c1-22(2)24(26)27-21-17-13-11-9-7-5-3-4-6-8-10-12-14-18-23-19-15-16-20-25-23;/h15-16,19-20H,1,3-14,17-18,21H2,2H3;1H. The number of hydrogen-bond acceptors (Lipinski definition) is 3. The molecule has 0 radical (unpaired) electrons. The fraction of sp³-hybridized carbons (Fsp3) is 0.667. The van der Waals surface area contributed by atoms with Gasteiger partial charge in [0.25, 0.3) is 0 Å². The highest BCUT2D eigenvalue weighted by Gasteiger charge is 2.01. The number of rotatable bonds is 17. The van der Waals surface area contributed by atoms with Crippen LogP contribution in [-0.2, 0) is 16.0 Å². The first kappa shape index (κ1) is 26.8. The molecule has 1 heterocycles. The van der Waals surface area contributed by atoms with Crippen molar-refractivity contribution in [1.29, 1.82) is 0 Å². The molecule has 0 bridgehead atoms. The predicted molar refractivity (Wildman–Crippen MR) is 124 cm³/mol. The Balaban J connectivity index is 0.00000729. The molecule has 160 valence electrons. The summed E-state index contributed by atoms with van der Waals surface area (Å²) in [6.45, 7) is 5.80. The fourth-order valence-electron chi connectivity index (χ4n) is 3.19. The molecule has 0 aliphatic rings. The normalized spacial score (nSPS) is 10.3. The van der Waals surface area contributed by atoms with Crippen LogP contribution in [0, 0.1) is 0 Å². The Kier molecular flexibility index (Phi) is 18.4. The van der Waals surface area contributed by atoms with E-state index in [0.29, 0.717) is 12.2 Å². The highest BCUT2D eigenvalue weighted by atomic mass is 79.9. The van der Waals surface area contributed by atoms with Crippen molar-refractivity contribution in [3.63, 3.8) is 0 Å². The van der Waals surface area contributed by atoms with E-state index in [4.69, 9.17) is 4.74 Å². The molecule has 0 fully saturated rings. The maximum absolute atomic E-state index is 11.2. The summed E-state index contributed by atoms with van der Waals surface area (Å²) >= 11 is 0. The molecule has 0 saturated carbocycles. The smallest absolute Gasteiger partial charge is 0.333 e. The predicted octanol–water partition coefficient (Wildman–Crippen LogP) is 7.39. The number of halogens is 1. The minimum atomic E-state index is -0.261. The van der Waals surface area contributed by atoms with Gasteiger partial charge in [-0.2, -0.15) is 0 Å². The summed E-state index contributed by atoms with van der Waals surface area (Å²) < 4.78 is 5.09. The lowest BCUT2D eigenvalue weighted by Crippen LogP contribution is -2.05. The number of unbranched alkanes of at least 4 members (excludes halogenated alkanes) is 12. The molecule has 0 aliphatic carbocycles. The second-order valence-electron chi connectivity index (χ2n) is 7.58. The van der Waals surface area contributed by atoms with Crippen LogP contribution in [-0.4, -0.2) is 17.6 Å². The van der Waals surface area contributed by atoms with E-state index in [-0.39, 0.29) is 23.0 Å². The molecular weight excluding hydrogens is 414 g/mol. The van der Waals surface area contributed by atoms with Crippen LogP contribution >= 0.6 is 17.0 Å². The lowest BCUT2D eigenvalue weighted by Gasteiger charge is -2.05. The van der Waals surface area contributed by atoms with Gasteiger partial charge in [-0.25, -0.2) is 4.79 Å². The SMILES string of the molecule is Br.C=C(C)C(=O)OCCCCCCCCCCCCCCCc1ccccn1. The summed E-state index contributed by atoms with van der Waals surface area (Å²) in [5.74, 6) is -0.261. The van der Waals surface area contributed by atoms with Crippen molar-refractivity contribution in [2.45, 2.75) is 96.8 Å². The highest BCUT2D eigenvalue weighted by Crippen LogP contribution is 2.13. The quantitative estimate of drug-likeness (QED) is 0.140. The van der Waals surface area contributed by atoms with Gasteiger partial charge in [0.05, 0.1) is 6.61 Å². The molecule has 1 rings (SSSR count). The van der Waals surface area contributed by atoms with E-state index in [1.807, 2.05) is 12.3 Å². The number of hydrogen-bond donors (Lipinski definition) is 0. The highest BCUT2D eigenvalue weighted by molar-refractivity contribution is 8.93. The Morgan fingerprint density at radius 1 is 0.857 bits per heavy atom. The average molecular weight is 454 g/mol. The number of aromatic nitrogens is 1. The average Bonchev–Trinajstić information content (AvgIpc) is 2.68. The van der Waals surface area contributed by atoms with Crippen LogP contribution in [0.3, 0.4) is 0 Å². The maximum Gasteiger partial charge on any atom is 0.333 e. The Labute approximate surface area is 183 Å². The third kappa shape index (κ3) is 15.9. The number of ether oxygens (including phenoxy) is 1. The van der Waals surface area contributed by atoms with Crippen LogP contribution in [0.2, 0.25) is 0 Å². The molecular formula is C24H40BrNO2. The van der Waals surface area contributed by atoms with Gasteiger partial charge in [-0.1, -0.05) is 83.3 Å².